The standard InChI is InChI=1S/C10H13.Ti/c1-8-6-7-9-4-2-3-5-10(8)9;/h6-7H,2-5H2,1H3;. The molecule has 0 aromatic carbocycles. The second kappa shape index (κ2) is 3.73. The first kappa shape index (κ1) is 9.28. The topological polar surface area (TPSA) is 0 Å². The van der Waals surface area contributed by atoms with E-state index in [1.165, 1.54) is 31.6 Å². The van der Waals surface area contributed by atoms with Gasteiger partial charge in [-0.25, -0.2) is 0 Å². The molecule has 0 heterocycles. The van der Waals surface area contributed by atoms with Crippen LogP contribution in [0.15, 0.2) is 23.3 Å². The van der Waals surface area contributed by atoms with Crippen LogP contribution in [-0.2, 0) is 21.7 Å². The van der Waals surface area contributed by atoms with Crippen molar-refractivity contribution in [3.05, 3.63) is 29.2 Å². The van der Waals surface area contributed by atoms with Gasteiger partial charge in [0.15, 0.2) is 0 Å². The average Bonchev–Trinajstić information content (AvgIpc) is 2.34. The Morgan fingerprint density at radius 2 is 1.82 bits per heavy atom. The summed E-state index contributed by atoms with van der Waals surface area (Å²) in [5.74, 6) is 1.51. The molecule has 2 aliphatic carbocycles. The van der Waals surface area contributed by atoms with Crippen LogP contribution in [0.2, 0.25) is 0 Å². The van der Waals surface area contributed by atoms with Crippen LogP contribution < -0.4 is 0 Å². The number of hydrogen-bond acceptors (Lipinski definition) is 0. The van der Waals surface area contributed by atoms with Crippen molar-refractivity contribution >= 4 is 0 Å². The molecular weight excluding hydrogens is 168 g/mol. The van der Waals surface area contributed by atoms with Gasteiger partial charge in [0.05, 0.1) is 0 Å². The molecule has 57 valence electrons. The molecule has 0 atom stereocenters. The molecule has 0 amide bonds. The third kappa shape index (κ3) is 1.68. The van der Waals surface area contributed by atoms with Crippen LogP contribution in [-0.4, -0.2) is 0 Å². The van der Waals surface area contributed by atoms with E-state index < -0.39 is 0 Å². The van der Waals surface area contributed by atoms with Crippen molar-refractivity contribution in [2.24, 2.45) is 0 Å². The van der Waals surface area contributed by atoms with Crippen molar-refractivity contribution in [3.63, 3.8) is 0 Å². The molecule has 0 N–H and O–H groups in total. The molecule has 0 aromatic heterocycles. The zero-order chi connectivity index (χ0) is 6.97. The van der Waals surface area contributed by atoms with Gasteiger partial charge in [-0.05, 0) is 31.3 Å². The largest absolute Gasteiger partial charge is 0.0731 e. The van der Waals surface area contributed by atoms with Crippen LogP contribution in [0.1, 0.15) is 32.6 Å². The Hall–Kier alpha value is 0.194. The first-order valence-electron chi connectivity index (χ1n) is 4.12. The Morgan fingerprint density at radius 3 is 2.55 bits per heavy atom. The van der Waals surface area contributed by atoms with Crippen LogP contribution in [0.3, 0.4) is 0 Å². The van der Waals surface area contributed by atoms with Gasteiger partial charge in [0.25, 0.3) is 0 Å². The van der Waals surface area contributed by atoms with Gasteiger partial charge >= 0.3 is 0 Å². The van der Waals surface area contributed by atoms with Gasteiger partial charge in [0.1, 0.15) is 0 Å². The molecule has 1 heteroatoms. The summed E-state index contributed by atoms with van der Waals surface area (Å²) < 4.78 is 0. The van der Waals surface area contributed by atoms with Gasteiger partial charge in [-0.2, -0.15) is 0 Å². The molecule has 0 spiro atoms. The summed E-state index contributed by atoms with van der Waals surface area (Å²) in [6.45, 7) is 2.23. The van der Waals surface area contributed by atoms with Crippen molar-refractivity contribution < 1.29 is 21.7 Å². The minimum absolute atomic E-state index is 0. The number of hydrogen-bond donors (Lipinski definition) is 0. The van der Waals surface area contributed by atoms with Gasteiger partial charge < -0.3 is 0 Å². The molecule has 0 saturated carbocycles. The minimum Gasteiger partial charge on any atom is -0.0731 e. The minimum atomic E-state index is 0. The van der Waals surface area contributed by atoms with Crippen LogP contribution in [0, 0.1) is 5.92 Å². The fourth-order valence-electron chi connectivity index (χ4n) is 1.89. The third-order valence-corrected chi connectivity index (χ3v) is 2.52. The smallest absolute Gasteiger partial charge is 0.0197 e. The van der Waals surface area contributed by atoms with Crippen LogP contribution in [0.5, 0.6) is 0 Å². The van der Waals surface area contributed by atoms with Crippen LogP contribution in [0.25, 0.3) is 0 Å². The van der Waals surface area contributed by atoms with Gasteiger partial charge in [0.2, 0.25) is 0 Å². The van der Waals surface area contributed by atoms with E-state index in [0.717, 1.165) is 0 Å². The van der Waals surface area contributed by atoms with Crippen molar-refractivity contribution in [2.75, 3.05) is 0 Å². The third-order valence-electron chi connectivity index (χ3n) is 2.52. The molecule has 0 bridgehead atoms. The molecular formula is C10H13Ti. The summed E-state index contributed by atoms with van der Waals surface area (Å²) in [4.78, 5) is 0. The predicted molar refractivity (Wildman–Crippen MR) is 43.6 cm³/mol. The van der Waals surface area contributed by atoms with Gasteiger partial charge in [-0.3, -0.25) is 0 Å². The SMILES string of the molecule is C[C]1C=CC2=C1CCCC2.[Ti]. The van der Waals surface area contributed by atoms with Crippen molar-refractivity contribution in [1.82, 2.24) is 0 Å². The Kier molecular flexibility index (Phi) is 3.15. The molecule has 1 radical (unpaired) electrons. The normalized spacial score (nSPS) is 23.4. The second-order valence-corrected chi connectivity index (χ2v) is 3.23. The van der Waals surface area contributed by atoms with E-state index in [1.54, 1.807) is 11.1 Å². The van der Waals surface area contributed by atoms with E-state index in [0.29, 0.717) is 0 Å². The number of rotatable bonds is 0. The summed E-state index contributed by atoms with van der Waals surface area (Å²) in [5.41, 5.74) is 3.26. The van der Waals surface area contributed by atoms with E-state index in [4.69, 9.17) is 0 Å². The molecule has 0 saturated heterocycles. The monoisotopic (exact) mass is 181 g/mol. The Labute approximate surface area is 83.6 Å². The van der Waals surface area contributed by atoms with E-state index in [-0.39, 0.29) is 21.7 Å². The summed E-state index contributed by atoms with van der Waals surface area (Å²) in [6.07, 6.45) is 10.0. The Bertz CT molecular complexity index is 201. The second-order valence-electron chi connectivity index (χ2n) is 3.23. The zero-order valence-corrected chi connectivity index (χ0v) is 8.54. The molecule has 0 aliphatic heterocycles. The molecule has 0 unspecified atom stereocenters. The maximum absolute atomic E-state index is 2.30. The fraction of sp³-hybridized carbons (Fsp3) is 0.500. The van der Waals surface area contributed by atoms with Crippen molar-refractivity contribution in [1.29, 1.82) is 0 Å². The van der Waals surface area contributed by atoms with Gasteiger partial charge in [-0.15, -0.1) is 0 Å². The molecule has 0 nitrogen and oxygen atoms in total. The average molecular weight is 181 g/mol. The summed E-state index contributed by atoms with van der Waals surface area (Å²) in [7, 11) is 0. The van der Waals surface area contributed by atoms with E-state index in [1.807, 2.05) is 0 Å². The van der Waals surface area contributed by atoms with E-state index in [2.05, 4.69) is 19.1 Å². The molecule has 11 heavy (non-hydrogen) atoms. The first-order valence-corrected chi connectivity index (χ1v) is 4.12. The molecule has 0 aromatic rings. The van der Waals surface area contributed by atoms with Crippen LogP contribution >= 0.6 is 0 Å². The van der Waals surface area contributed by atoms with Gasteiger partial charge in [0, 0.05) is 27.6 Å². The molecule has 2 aliphatic rings. The maximum Gasteiger partial charge on any atom is 0.0197 e. The summed E-state index contributed by atoms with van der Waals surface area (Å²) in [6, 6.07) is 0. The summed E-state index contributed by atoms with van der Waals surface area (Å²) >= 11 is 0. The van der Waals surface area contributed by atoms with Gasteiger partial charge in [-0.1, -0.05) is 24.6 Å². The maximum atomic E-state index is 2.30. The van der Waals surface area contributed by atoms with E-state index >= 15 is 0 Å². The van der Waals surface area contributed by atoms with Crippen molar-refractivity contribution in [2.45, 2.75) is 32.6 Å². The zero-order valence-electron chi connectivity index (χ0n) is 6.98. The molecule has 2 rings (SSSR count). The first-order chi connectivity index (χ1) is 4.88. The summed E-state index contributed by atoms with van der Waals surface area (Å²) in [5, 5.41) is 0. The van der Waals surface area contributed by atoms with Crippen LogP contribution in [0.4, 0.5) is 0 Å². The van der Waals surface area contributed by atoms with E-state index in [9.17, 15) is 0 Å². The predicted octanol–water partition coefficient (Wildman–Crippen LogP) is 3.02. The molecule has 0 fully saturated rings. The quantitative estimate of drug-likeness (QED) is 0.504. The Balaban J connectivity index is 0.000000605. The van der Waals surface area contributed by atoms with Crippen molar-refractivity contribution in [3.8, 4) is 0 Å². The Morgan fingerprint density at radius 1 is 1.09 bits per heavy atom. The fourth-order valence-corrected chi connectivity index (χ4v) is 1.89. The number of allylic oxidation sites excluding steroid dienone is 4.